The lowest BCUT2D eigenvalue weighted by molar-refractivity contribution is -0.127. The molecular formula is C21H18BrClN2O3S. The van der Waals surface area contributed by atoms with Crippen LogP contribution in [-0.2, 0) is 9.59 Å². The number of halogens is 2. The van der Waals surface area contributed by atoms with Crippen molar-refractivity contribution in [2.45, 2.75) is 13.8 Å². The maximum absolute atomic E-state index is 13.3. The van der Waals surface area contributed by atoms with Gasteiger partial charge in [-0.15, -0.1) is 0 Å². The van der Waals surface area contributed by atoms with Gasteiger partial charge in [0, 0.05) is 21.6 Å². The standard InChI is InChI=1S/C21H18BrClN2O3S/c1-3-24-19(26)17(12-13-11-14(22)5-10-18(13)28-4-2)20(27)25(21(24)29)16-8-6-15(23)7-9-16/h5-12H,3-4H2,1-2H3/b17-12+. The average molecular weight is 494 g/mol. The van der Waals surface area contributed by atoms with Crippen LogP contribution in [0.4, 0.5) is 5.69 Å². The van der Waals surface area contributed by atoms with Crippen molar-refractivity contribution in [3.63, 3.8) is 0 Å². The molecule has 0 atom stereocenters. The highest BCUT2D eigenvalue weighted by molar-refractivity contribution is 9.10. The Morgan fingerprint density at radius 1 is 1.10 bits per heavy atom. The van der Waals surface area contributed by atoms with Gasteiger partial charge in [-0.25, -0.2) is 0 Å². The van der Waals surface area contributed by atoms with E-state index in [1.165, 1.54) is 9.80 Å². The molecule has 2 aromatic carbocycles. The Labute approximate surface area is 188 Å². The lowest BCUT2D eigenvalue weighted by Crippen LogP contribution is -2.56. The van der Waals surface area contributed by atoms with Crippen molar-refractivity contribution < 1.29 is 14.3 Å². The van der Waals surface area contributed by atoms with E-state index in [9.17, 15) is 9.59 Å². The maximum Gasteiger partial charge on any atom is 0.270 e. The van der Waals surface area contributed by atoms with Crippen LogP contribution in [0, 0.1) is 0 Å². The molecule has 29 heavy (non-hydrogen) atoms. The van der Waals surface area contributed by atoms with Crippen LogP contribution in [0.2, 0.25) is 5.02 Å². The molecule has 2 aromatic rings. The molecule has 0 radical (unpaired) electrons. The van der Waals surface area contributed by atoms with Gasteiger partial charge in [-0.2, -0.15) is 0 Å². The summed E-state index contributed by atoms with van der Waals surface area (Å²) in [7, 11) is 0. The molecule has 1 fully saturated rings. The number of carbonyl (C=O) groups is 2. The third-order valence-corrected chi connectivity index (χ3v) is 5.45. The predicted octanol–water partition coefficient (Wildman–Crippen LogP) is 5.06. The average Bonchev–Trinajstić information content (AvgIpc) is 2.69. The summed E-state index contributed by atoms with van der Waals surface area (Å²) in [5.74, 6) is -0.345. The normalized spacial score (nSPS) is 16.0. The number of likely N-dealkylation sites (N-methyl/N-ethyl adjacent to an activating group) is 1. The van der Waals surface area contributed by atoms with Crippen LogP contribution in [-0.4, -0.2) is 35.0 Å². The summed E-state index contributed by atoms with van der Waals surface area (Å²) in [6, 6.07) is 12.2. The molecule has 1 aliphatic heterocycles. The van der Waals surface area contributed by atoms with E-state index in [1.807, 2.05) is 19.9 Å². The van der Waals surface area contributed by atoms with E-state index in [1.54, 1.807) is 42.5 Å². The minimum atomic E-state index is -0.491. The van der Waals surface area contributed by atoms with Crippen molar-refractivity contribution in [2.24, 2.45) is 0 Å². The smallest absolute Gasteiger partial charge is 0.270 e. The second kappa shape index (κ2) is 9.07. The highest BCUT2D eigenvalue weighted by Crippen LogP contribution is 2.30. The summed E-state index contributed by atoms with van der Waals surface area (Å²) < 4.78 is 6.45. The van der Waals surface area contributed by atoms with Crippen molar-refractivity contribution in [1.82, 2.24) is 4.90 Å². The zero-order valence-electron chi connectivity index (χ0n) is 15.8. The van der Waals surface area contributed by atoms with Crippen LogP contribution in [0.5, 0.6) is 5.75 Å². The number of ether oxygens (including phenoxy) is 1. The Morgan fingerprint density at radius 2 is 1.79 bits per heavy atom. The van der Waals surface area contributed by atoms with Crippen LogP contribution in [0.15, 0.2) is 52.5 Å². The van der Waals surface area contributed by atoms with Crippen molar-refractivity contribution >= 4 is 68.4 Å². The van der Waals surface area contributed by atoms with Gasteiger partial charge in [-0.3, -0.25) is 19.4 Å². The van der Waals surface area contributed by atoms with E-state index in [0.29, 0.717) is 35.2 Å². The Hall–Kier alpha value is -2.22. The van der Waals surface area contributed by atoms with E-state index in [-0.39, 0.29) is 10.7 Å². The second-order valence-corrected chi connectivity index (χ2v) is 7.84. The van der Waals surface area contributed by atoms with Crippen LogP contribution < -0.4 is 9.64 Å². The van der Waals surface area contributed by atoms with E-state index in [0.717, 1.165) is 4.47 Å². The van der Waals surface area contributed by atoms with Gasteiger partial charge in [-0.1, -0.05) is 27.5 Å². The fourth-order valence-corrected chi connectivity index (χ4v) is 3.85. The molecule has 1 saturated heterocycles. The molecule has 1 heterocycles. The summed E-state index contributed by atoms with van der Waals surface area (Å²) in [5.41, 5.74) is 1.17. The Bertz CT molecular complexity index is 1010. The largest absolute Gasteiger partial charge is 0.493 e. The molecular weight excluding hydrogens is 476 g/mol. The van der Waals surface area contributed by atoms with Gasteiger partial charge in [0.25, 0.3) is 11.8 Å². The maximum atomic E-state index is 13.3. The molecule has 0 spiro atoms. The van der Waals surface area contributed by atoms with E-state index >= 15 is 0 Å². The van der Waals surface area contributed by atoms with Crippen molar-refractivity contribution in [3.05, 3.63) is 63.1 Å². The fraction of sp³-hybridized carbons (Fsp3) is 0.190. The monoisotopic (exact) mass is 492 g/mol. The number of benzene rings is 2. The third-order valence-electron chi connectivity index (χ3n) is 4.30. The number of hydrogen-bond donors (Lipinski definition) is 0. The first-order valence-corrected chi connectivity index (χ1v) is 10.5. The summed E-state index contributed by atoms with van der Waals surface area (Å²) in [6.07, 6.45) is 1.55. The molecule has 150 valence electrons. The predicted molar refractivity (Wildman–Crippen MR) is 122 cm³/mol. The zero-order valence-corrected chi connectivity index (χ0v) is 19.0. The van der Waals surface area contributed by atoms with Gasteiger partial charge in [0.1, 0.15) is 11.3 Å². The van der Waals surface area contributed by atoms with Gasteiger partial charge in [-0.05, 0) is 74.6 Å². The van der Waals surface area contributed by atoms with Gasteiger partial charge in [0.15, 0.2) is 5.11 Å². The first-order valence-electron chi connectivity index (χ1n) is 8.97. The second-order valence-electron chi connectivity index (χ2n) is 6.12. The molecule has 5 nitrogen and oxygen atoms in total. The molecule has 3 rings (SSSR count). The van der Waals surface area contributed by atoms with Gasteiger partial charge >= 0.3 is 0 Å². The lowest BCUT2D eigenvalue weighted by Gasteiger charge is -2.36. The fourth-order valence-electron chi connectivity index (χ4n) is 2.95. The lowest BCUT2D eigenvalue weighted by atomic mass is 10.0. The van der Waals surface area contributed by atoms with E-state index < -0.39 is 11.8 Å². The van der Waals surface area contributed by atoms with E-state index in [2.05, 4.69) is 15.9 Å². The van der Waals surface area contributed by atoms with Crippen molar-refractivity contribution in [3.8, 4) is 5.75 Å². The first kappa shape index (κ1) is 21.5. The van der Waals surface area contributed by atoms with Crippen molar-refractivity contribution in [1.29, 1.82) is 0 Å². The van der Waals surface area contributed by atoms with Crippen LogP contribution in [0.3, 0.4) is 0 Å². The highest BCUT2D eigenvalue weighted by Gasteiger charge is 2.39. The first-order chi connectivity index (χ1) is 13.9. The number of amides is 2. The van der Waals surface area contributed by atoms with Crippen LogP contribution >= 0.6 is 39.7 Å². The Balaban J connectivity index is 2.12. The molecule has 0 aliphatic carbocycles. The number of rotatable bonds is 5. The van der Waals surface area contributed by atoms with Crippen LogP contribution in [0.25, 0.3) is 6.08 Å². The molecule has 0 N–H and O–H groups in total. The molecule has 0 saturated carbocycles. The topological polar surface area (TPSA) is 49.9 Å². The zero-order chi connectivity index (χ0) is 21.1. The summed E-state index contributed by atoms with van der Waals surface area (Å²) >= 11 is 14.8. The van der Waals surface area contributed by atoms with Gasteiger partial charge in [0.05, 0.1) is 12.3 Å². The summed E-state index contributed by atoms with van der Waals surface area (Å²) in [4.78, 5) is 29.1. The van der Waals surface area contributed by atoms with E-state index in [4.69, 9.17) is 28.6 Å². The minimum Gasteiger partial charge on any atom is -0.493 e. The molecule has 0 bridgehead atoms. The van der Waals surface area contributed by atoms with Crippen molar-refractivity contribution in [2.75, 3.05) is 18.1 Å². The highest BCUT2D eigenvalue weighted by atomic mass is 79.9. The number of hydrogen-bond acceptors (Lipinski definition) is 4. The quantitative estimate of drug-likeness (QED) is 0.332. The Morgan fingerprint density at radius 3 is 2.41 bits per heavy atom. The number of thiocarbonyl (C=S) groups is 1. The molecule has 8 heteroatoms. The molecule has 1 aliphatic rings. The molecule has 0 aromatic heterocycles. The number of anilines is 1. The van der Waals surface area contributed by atoms with Gasteiger partial charge in [0.2, 0.25) is 0 Å². The van der Waals surface area contributed by atoms with Gasteiger partial charge < -0.3 is 4.74 Å². The number of nitrogens with zero attached hydrogens (tertiary/aromatic N) is 2. The number of carbonyl (C=O) groups excluding carboxylic acids is 2. The summed E-state index contributed by atoms with van der Waals surface area (Å²) in [6.45, 7) is 4.47. The third kappa shape index (κ3) is 4.37. The SMILES string of the molecule is CCOc1ccc(Br)cc1/C=C1\C(=O)N(CC)C(=S)N(c2ccc(Cl)cc2)C1=O. The Kier molecular flexibility index (Phi) is 6.72. The molecule has 2 amide bonds. The minimum absolute atomic E-state index is 0.00875. The molecule has 0 unspecified atom stereocenters. The summed E-state index contributed by atoms with van der Waals surface area (Å²) in [5, 5.41) is 0.681. The van der Waals surface area contributed by atoms with Crippen LogP contribution in [0.1, 0.15) is 19.4 Å².